The van der Waals surface area contributed by atoms with Crippen LogP contribution < -0.4 is 10.6 Å². The molecule has 0 unspecified atom stereocenters. The van der Waals surface area contributed by atoms with E-state index in [4.69, 9.17) is 4.74 Å². The third-order valence-corrected chi connectivity index (χ3v) is 3.12. The molecule has 0 bridgehead atoms. The Kier molecular flexibility index (Phi) is 5.35. The zero-order chi connectivity index (χ0) is 15.1. The quantitative estimate of drug-likeness (QED) is 0.870. The van der Waals surface area contributed by atoms with Crippen LogP contribution >= 0.6 is 0 Å². The Bertz CT molecular complexity index is 594. The van der Waals surface area contributed by atoms with E-state index in [1.807, 2.05) is 48.5 Å². The normalized spacial score (nSPS) is 10.2. The standard InChI is InChI=1S/C17H20N2O2/c1-3-13-5-4-6-16(11-13)19-17(20)18-15-9-7-14(8-10-15)12-21-2/h4-11H,3,12H2,1-2H3,(H2,18,19,20). The first kappa shape index (κ1) is 15.1. The molecule has 0 aromatic heterocycles. The van der Waals surface area contributed by atoms with E-state index in [2.05, 4.69) is 17.6 Å². The van der Waals surface area contributed by atoms with Crippen LogP contribution in [0.5, 0.6) is 0 Å². The van der Waals surface area contributed by atoms with Gasteiger partial charge in [0.25, 0.3) is 0 Å². The van der Waals surface area contributed by atoms with Gasteiger partial charge in [0.2, 0.25) is 0 Å². The summed E-state index contributed by atoms with van der Waals surface area (Å²) in [4.78, 5) is 11.9. The number of ether oxygens (including phenoxy) is 1. The minimum Gasteiger partial charge on any atom is -0.380 e. The van der Waals surface area contributed by atoms with Gasteiger partial charge in [-0.05, 0) is 41.8 Å². The largest absolute Gasteiger partial charge is 0.380 e. The van der Waals surface area contributed by atoms with Gasteiger partial charge in [0, 0.05) is 18.5 Å². The zero-order valence-corrected chi connectivity index (χ0v) is 12.3. The summed E-state index contributed by atoms with van der Waals surface area (Å²) in [6, 6.07) is 15.1. The second-order valence-corrected chi connectivity index (χ2v) is 4.76. The highest BCUT2D eigenvalue weighted by Crippen LogP contribution is 2.13. The molecule has 2 N–H and O–H groups in total. The van der Waals surface area contributed by atoms with Crippen molar-refractivity contribution >= 4 is 17.4 Å². The van der Waals surface area contributed by atoms with E-state index in [0.717, 1.165) is 23.4 Å². The molecule has 4 nitrogen and oxygen atoms in total. The molecule has 2 aromatic rings. The van der Waals surface area contributed by atoms with Crippen LogP contribution in [0.15, 0.2) is 48.5 Å². The number of aryl methyl sites for hydroxylation is 1. The Labute approximate surface area is 125 Å². The van der Waals surface area contributed by atoms with Gasteiger partial charge in [-0.3, -0.25) is 0 Å². The molecule has 0 radical (unpaired) electrons. The topological polar surface area (TPSA) is 50.4 Å². The number of carbonyl (C=O) groups is 1. The van der Waals surface area contributed by atoms with Crippen molar-refractivity contribution in [1.29, 1.82) is 0 Å². The van der Waals surface area contributed by atoms with Crippen molar-refractivity contribution in [3.05, 3.63) is 59.7 Å². The van der Waals surface area contributed by atoms with Crippen molar-refractivity contribution in [1.82, 2.24) is 0 Å². The highest BCUT2D eigenvalue weighted by Gasteiger charge is 2.03. The number of anilines is 2. The first-order valence-electron chi connectivity index (χ1n) is 6.96. The average molecular weight is 284 g/mol. The number of carbonyl (C=O) groups excluding carboxylic acids is 1. The number of urea groups is 1. The van der Waals surface area contributed by atoms with Crippen LogP contribution in [0.3, 0.4) is 0 Å². The summed E-state index contributed by atoms with van der Waals surface area (Å²) in [5.74, 6) is 0. The lowest BCUT2D eigenvalue weighted by Gasteiger charge is -2.09. The lowest BCUT2D eigenvalue weighted by molar-refractivity contribution is 0.185. The highest BCUT2D eigenvalue weighted by molar-refractivity contribution is 5.99. The van der Waals surface area contributed by atoms with E-state index < -0.39 is 0 Å². The third-order valence-electron chi connectivity index (χ3n) is 3.12. The Morgan fingerprint density at radius 2 is 1.71 bits per heavy atom. The maximum atomic E-state index is 11.9. The Morgan fingerprint density at radius 3 is 2.38 bits per heavy atom. The van der Waals surface area contributed by atoms with Crippen LogP contribution in [0, 0.1) is 0 Å². The molecule has 0 saturated heterocycles. The van der Waals surface area contributed by atoms with Gasteiger partial charge in [0.15, 0.2) is 0 Å². The molecule has 4 heteroatoms. The molecule has 0 spiro atoms. The number of benzene rings is 2. The fourth-order valence-corrected chi connectivity index (χ4v) is 2.01. The van der Waals surface area contributed by atoms with Gasteiger partial charge < -0.3 is 15.4 Å². The highest BCUT2D eigenvalue weighted by atomic mass is 16.5. The molecule has 2 aromatic carbocycles. The van der Waals surface area contributed by atoms with E-state index in [-0.39, 0.29) is 6.03 Å². The van der Waals surface area contributed by atoms with E-state index in [9.17, 15) is 4.79 Å². The summed E-state index contributed by atoms with van der Waals surface area (Å²) < 4.78 is 5.05. The number of hydrogen-bond donors (Lipinski definition) is 2. The zero-order valence-electron chi connectivity index (χ0n) is 12.3. The second kappa shape index (κ2) is 7.45. The molecule has 0 fully saturated rings. The monoisotopic (exact) mass is 284 g/mol. The fourth-order valence-electron chi connectivity index (χ4n) is 2.01. The van der Waals surface area contributed by atoms with Gasteiger partial charge in [-0.2, -0.15) is 0 Å². The summed E-state index contributed by atoms with van der Waals surface area (Å²) in [6.07, 6.45) is 0.943. The predicted molar refractivity (Wildman–Crippen MR) is 85.6 cm³/mol. The fraction of sp³-hybridized carbons (Fsp3) is 0.235. The Hall–Kier alpha value is -2.33. The minimum absolute atomic E-state index is 0.247. The first-order chi connectivity index (χ1) is 10.2. The molecular weight excluding hydrogens is 264 g/mol. The maximum absolute atomic E-state index is 11.9. The lowest BCUT2D eigenvalue weighted by atomic mass is 10.1. The van der Waals surface area contributed by atoms with Crippen molar-refractivity contribution < 1.29 is 9.53 Å². The van der Waals surface area contributed by atoms with Crippen LogP contribution in [0.25, 0.3) is 0 Å². The van der Waals surface area contributed by atoms with Crippen molar-refractivity contribution in [3.63, 3.8) is 0 Å². The van der Waals surface area contributed by atoms with Crippen LogP contribution in [-0.2, 0) is 17.8 Å². The van der Waals surface area contributed by atoms with Gasteiger partial charge in [0.05, 0.1) is 6.61 Å². The summed E-state index contributed by atoms with van der Waals surface area (Å²) in [6.45, 7) is 2.65. The molecule has 0 aliphatic rings. The minimum atomic E-state index is -0.247. The van der Waals surface area contributed by atoms with Gasteiger partial charge in [-0.1, -0.05) is 31.2 Å². The number of methoxy groups -OCH3 is 1. The molecule has 21 heavy (non-hydrogen) atoms. The lowest BCUT2D eigenvalue weighted by Crippen LogP contribution is -2.19. The van der Waals surface area contributed by atoms with Crippen molar-refractivity contribution in [2.45, 2.75) is 20.0 Å². The molecular formula is C17H20N2O2. The smallest absolute Gasteiger partial charge is 0.323 e. The number of rotatable bonds is 5. The summed E-state index contributed by atoms with van der Waals surface area (Å²) in [5.41, 5.74) is 3.80. The van der Waals surface area contributed by atoms with Crippen molar-refractivity contribution in [2.75, 3.05) is 17.7 Å². The van der Waals surface area contributed by atoms with Gasteiger partial charge >= 0.3 is 6.03 Å². The van der Waals surface area contributed by atoms with Crippen LogP contribution in [0.4, 0.5) is 16.2 Å². The van der Waals surface area contributed by atoms with E-state index in [1.165, 1.54) is 5.56 Å². The first-order valence-corrected chi connectivity index (χ1v) is 6.96. The average Bonchev–Trinajstić information content (AvgIpc) is 2.49. The maximum Gasteiger partial charge on any atom is 0.323 e. The molecule has 0 atom stereocenters. The van der Waals surface area contributed by atoms with Crippen LogP contribution in [0.2, 0.25) is 0 Å². The van der Waals surface area contributed by atoms with Gasteiger partial charge in [-0.15, -0.1) is 0 Å². The molecule has 2 amide bonds. The van der Waals surface area contributed by atoms with Crippen LogP contribution in [0.1, 0.15) is 18.1 Å². The molecule has 0 aliphatic carbocycles. The van der Waals surface area contributed by atoms with Gasteiger partial charge in [0.1, 0.15) is 0 Å². The SMILES string of the molecule is CCc1cccc(NC(=O)Nc2ccc(COC)cc2)c1. The van der Waals surface area contributed by atoms with Crippen molar-refractivity contribution in [3.8, 4) is 0 Å². The summed E-state index contributed by atoms with van der Waals surface area (Å²) in [7, 11) is 1.66. The third kappa shape index (κ3) is 4.61. The second-order valence-electron chi connectivity index (χ2n) is 4.76. The molecule has 0 saturated carbocycles. The summed E-state index contributed by atoms with van der Waals surface area (Å²) in [5, 5.41) is 5.64. The van der Waals surface area contributed by atoms with E-state index in [0.29, 0.717) is 6.61 Å². The number of nitrogens with one attached hydrogen (secondary N) is 2. The number of amides is 2. The predicted octanol–water partition coefficient (Wildman–Crippen LogP) is 4.04. The molecule has 2 rings (SSSR count). The molecule has 0 heterocycles. The Balaban J connectivity index is 1.94. The van der Waals surface area contributed by atoms with Gasteiger partial charge in [-0.25, -0.2) is 4.79 Å². The molecule has 110 valence electrons. The van der Waals surface area contributed by atoms with Crippen molar-refractivity contribution in [2.24, 2.45) is 0 Å². The Morgan fingerprint density at radius 1 is 1.00 bits per heavy atom. The number of hydrogen-bond acceptors (Lipinski definition) is 2. The van der Waals surface area contributed by atoms with Crippen LogP contribution in [-0.4, -0.2) is 13.1 Å². The molecule has 0 aliphatic heterocycles. The van der Waals surface area contributed by atoms with E-state index >= 15 is 0 Å². The summed E-state index contributed by atoms with van der Waals surface area (Å²) >= 11 is 0. The van der Waals surface area contributed by atoms with E-state index in [1.54, 1.807) is 7.11 Å².